The first kappa shape index (κ1) is 21.5. The Balaban J connectivity index is 1.62. The lowest BCUT2D eigenvalue weighted by molar-refractivity contribution is 0.383. The fourth-order valence-corrected chi connectivity index (χ4v) is 5.52. The molecule has 0 spiro atoms. The molecule has 7 heteroatoms. The van der Waals surface area contributed by atoms with Crippen molar-refractivity contribution in [2.45, 2.75) is 31.6 Å². The fourth-order valence-electron chi connectivity index (χ4n) is 4.08. The van der Waals surface area contributed by atoms with Gasteiger partial charge in [0.1, 0.15) is 5.82 Å². The maximum Gasteiger partial charge on any atom is 0.243 e. The Morgan fingerprint density at radius 3 is 2.00 bits per heavy atom. The van der Waals surface area contributed by atoms with Crippen molar-refractivity contribution in [3.05, 3.63) is 71.9 Å². The van der Waals surface area contributed by atoms with Crippen molar-refractivity contribution in [2.24, 2.45) is 0 Å². The molecule has 0 saturated carbocycles. The van der Waals surface area contributed by atoms with Crippen LogP contribution in [0.5, 0.6) is 0 Å². The minimum absolute atomic E-state index is 0.269. The number of aromatic nitrogens is 2. The van der Waals surface area contributed by atoms with Gasteiger partial charge >= 0.3 is 0 Å². The second-order valence-corrected chi connectivity index (χ2v) is 10.0. The highest BCUT2D eigenvalue weighted by atomic mass is 32.2. The van der Waals surface area contributed by atoms with Gasteiger partial charge in [-0.15, -0.1) is 0 Å². The summed E-state index contributed by atoms with van der Waals surface area (Å²) in [5.41, 5.74) is 3.07. The standard InChI is InChI=1S/C24H28N4O2S/c1-18(2)22-19(3)25-23(20-10-6-4-7-11-20)26-24(22)27-14-16-28(17-15-27)31(29,30)21-12-8-5-9-13-21/h4-13,18H,14-17H2,1-3H3. The van der Waals surface area contributed by atoms with Crippen LogP contribution in [0.3, 0.4) is 0 Å². The minimum Gasteiger partial charge on any atom is -0.354 e. The fraction of sp³-hybridized carbons (Fsp3) is 0.333. The molecular weight excluding hydrogens is 408 g/mol. The number of hydrogen-bond acceptors (Lipinski definition) is 5. The van der Waals surface area contributed by atoms with Gasteiger partial charge in [-0.1, -0.05) is 62.4 Å². The van der Waals surface area contributed by atoms with Crippen molar-refractivity contribution < 1.29 is 8.42 Å². The lowest BCUT2D eigenvalue weighted by Crippen LogP contribution is -2.49. The van der Waals surface area contributed by atoms with Gasteiger partial charge in [-0.25, -0.2) is 18.4 Å². The average Bonchev–Trinajstić information content (AvgIpc) is 2.79. The van der Waals surface area contributed by atoms with E-state index < -0.39 is 10.0 Å². The van der Waals surface area contributed by atoms with Crippen LogP contribution in [0.15, 0.2) is 65.6 Å². The van der Waals surface area contributed by atoms with Crippen molar-refractivity contribution in [2.75, 3.05) is 31.1 Å². The maximum absolute atomic E-state index is 13.0. The SMILES string of the molecule is Cc1nc(-c2ccccc2)nc(N2CCN(S(=O)(=O)c3ccccc3)CC2)c1C(C)C. The van der Waals surface area contributed by atoms with Gasteiger partial charge < -0.3 is 4.90 Å². The van der Waals surface area contributed by atoms with E-state index in [1.54, 1.807) is 28.6 Å². The Labute approximate surface area is 184 Å². The molecule has 1 fully saturated rings. The van der Waals surface area contributed by atoms with Gasteiger partial charge in [0.05, 0.1) is 4.90 Å². The van der Waals surface area contributed by atoms with Crippen molar-refractivity contribution >= 4 is 15.8 Å². The summed E-state index contributed by atoms with van der Waals surface area (Å²) in [7, 11) is -3.48. The van der Waals surface area contributed by atoms with Gasteiger partial charge in [0.2, 0.25) is 10.0 Å². The topological polar surface area (TPSA) is 66.4 Å². The Morgan fingerprint density at radius 2 is 1.42 bits per heavy atom. The minimum atomic E-state index is -3.48. The van der Waals surface area contributed by atoms with Crippen LogP contribution in [-0.4, -0.2) is 48.9 Å². The second kappa shape index (κ2) is 8.77. The van der Waals surface area contributed by atoms with Gasteiger partial charge in [0, 0.05) is 43.0 Å². The molecule has 0 amide bonds. The van der Waals surface area contributed by atoms with E-state index in [1.165, 1.54) is 0 Å². The van der Waals surface area contributed by atoms with Crippen LogP contribution in [-0.2, 0) is 10.0 Å². The zero-order valence-electron chi connectivity index (χ0n) is 18.2. The highest BCUT2D eigenvalue weighted by molar-refractivity contribution is 7.89. The Kier molecular flexibility index (Phi) is 6.07. The third kappa shape index (κ3) is 4.34. The van der Waals surface area contributed by atoms with Crippen LogP contribution in [0, 0.1) is 6.92 Å². The molecule has 1 saturated heterocycles. The summed E-state index contributed by atoms with van der Waals surface area (Å²) in [5.74, 6) is 1.89. The molecule has 4 rings (SSSR count). The number of aryl methyl sites for hydroxylation is 1. The molecule has 0 N–H and O–H groups in total. The number of piperazine rings is 1. The van der Waals surface area contributed by atoms with E-state index in [1.807, 2.05) is 43.3 Å². The van der Waals surface area contributed by atoms with E-state index in [0.29, 0.717) is 36.9 Å². The molecule has 1 aliphatic heterocycles. The molecule has 0 aliphatic carbocycles. The molecule has 31 heavy (non-hydrogen) atoms. The van der Waals surface area contributed by atoms with Crippen molar-refractivity contribution in [3.8, 4) is 11.4 Å². The molecule has 6 nitrogen and oxygen atoms in total. The quantitative estimate of drug-likeness (QED) is 0.603. The highest BCUT2D eigenvalue weighted by Crippen LogP contribution is 2.31. The van der Waals surface area contributed by atoms with E-state index in [4.69, 9.17) is 9.97 Å². The average molecular weight is 437 g/mol. The van der Waals surface area contributed by atoms with Crippen molar-refractivity contribution in [1.29, 1.82) is 0 Å². The van der Waals surface area contributed by atoms with E-state index in [2.05, 4.69) is 18.7 Å². The van der Waals surface area contributed by atoms with Crippen molar-refractivity contribution in [3.63, 3.8) is 0 Å². The predicted molar refractivity (Wildman–Crippen MR) is 124 cm³/mol. The van der Waals surface area contributed by atoms with E-state index in [-0.39, 0.29) is 5.92 Å². The number of anilines is 1. The Hall–Kier alpha value is -2.77. The predicted octanol–water partition coefficient (Wildman–Crippen LogP) is 4.09. The number of benzene rings is 2. The molecule has 0 atom stereocenters. The van der Waals surface area contributed by atoms with Crippen LogP contribution in [0.2, 0.25) is 0 Å². The van der Waals surface area contributed by atoms with Crippen molar-refractivity contribution in [1.82, 2.24) is 14.3 Å². The number of nitrogens with zero attached hydrogens (tertiary/aromatic N) is 4. The van der Waals surface area contributed by atoms with Crippen LogP contribution >= 0.6 is 0 Å². The maximum atomic E-state index is 13.0. The van der Waals surface area contributed by atoms with Gasteiger partial charge in [-0.3, -0.25) is 0 Å². The summed E-state index contributed by atoms with van der Waals surface area (Å²) in [6.45, 7) is 8.37. The molecule has 1 aliphatic rings. The number of hydrogen-bond donors (Lipinski definition) is 0. The monoisotopic (exact) mass is 436 g/mol. The lowest BCUT2D eigenvalue weighted by Gasteiger charge is -2.36. The van der Waals surface area contributed by atoms with Gasteiger partial charge in [0.25, 0.3) is 0 Å². The zero-order chi connectivity index (χ0) is 22.0. The first-order valence-corrected chi connectivity index (χ1v) is 12.1. The summed E-state index contributed by atoms with van der Waals surface area (Å²) in [6.07, 6.45) is 0. The van der Waals surface area contributed by atoms with E-state index in [0.717, 1.165) is 22.6 Å². The lowest BCUT2D eigenvalue weighted by atomic mass is 10.0. The van der Waals surface area contributed by atoms with Crippen LogP contribution in [0.1, 0.15) is 31.0 Å². The third-order valence-corrected chi connectivity index (χ3v) is 7.56. The summed E-state index contributed by atoms with van der Waals surface area (Å²) < 4.78 is 27.5. The summed E-state index contributed by atoms with van der Waals surface area (Å²) in [5, 5.41) is 0. The summed E-state index contributed by atoms with van der Waals surface area (Å²) in [4.78, 5) is 12.3. The molecule has 162 valence electrons. The second-order valence-electron chi connectivity index (χ2n) is 8.09. The Bertz CT molecular complexity index is 1140. The molecule has 1 aromatic heterocycles. The first-order valence-electron chi connectivity index (χ1n) is 10.6. The molecule has 3 aromatic rings. The molecule has 0 radical (unpaired) electrons. The van der Waals surface area contributed by atoms with Gasteiger partial charge in [0.15, 0.2) is 5.82 Å². The highest BCUT2D eigenvalue weighted by Gasteiger charge is 2.30. The third-order valence-electron chi connectivity index (χ3n) is 5.64. The van der Waals surface area contributed by atoms with E-state index in [9.17, 15) is 8.42 Å². The molecule has 0 unspecified atom stereocenters. The summed E-state index contributed by atoms with van der Waals surface area (Å²) >= 11 is 0. The first-order chi connectivity index (χ1) is 14.9. The molecule has 0 bridgehead atoms. The zero-order valence-corrected chi connectivity index (χ0v) is 19.0. The van der Waals surface area contributed by atoms with Gasteiger partial charge in [-0.2, -0.15) is 4.31 Å². The molecular formula is C24H28N4O2S. The van der Waals surface area contributed by atoms with E-state index >= 15 is 0 Å². The number of sulfonamides is 1. The van der Waals surface area contributed by atoms with Gasteiger partial charge in [-0.05, 0) is 25.0 Å². The van der Waals surface area contributed by atoms with Crippen LogP contribution in [0.25, 0.3) is 11.4 Å². The summed E-state index contributed by atoms with van der Waals surface area (Å²) in [6, 6.07) is 18.6. The number of rotatable bonds is 5. The van der Waals surface area contributed by atoms with Crippen LogP contribution in [0.4, 0.5) is 5.82 Å². The smallest absolute Gasteiger partial charge is 0.243 e. The largest absolute Gasteiger partial charge is 0.354 e. The Morgan fingerprint density at radius 1 is 0.839 bits per heavy atom. The molecule has 2 aromatic carbocycles. The normalized spacial score (nSPS) is 15.4. The van der Waals surface area contributed by atoms with Crippen LogP contribution < -0.4 is 4.90 Å². The molecule has 2 heterocycles.